The van der Waals surface area contributed by atoms with E-state index >= 15 is 0 Å². The maximum absolute atomic E-state index is 12.6. The predicted octanol–water partition coefficient (Wildman–Crippen LogP) is 2.93. The first-order chi connectivity index (χ1) is 15.6. The number of carbonyl (C=O) groups excluding carboxylic acids is 2. The smallest absolute Gasteiger partial charge is 0.267 e. The van der Waals surface area contributed by atoms with E-state index in [-0.39, 0.29) is 16.9 Å². The molecule has 0 saturated carbocycles. The zero-order chi connectivity index (χ0) is 24.1. The van der Waals surface area contributed by atoms with Crippen LogP contribution in [-0.4, -0.2) is 25.2 Å². The molecule has 0 aliphatic carbocycles. The maximum atomic E-state index is 12.6. The van der Waals surface area contributed by atoms with E-state index in [2.05, 4.69) is 41.3 Å². The molecule has 0 atom stereocenters. The quantitative estimate of drug-likeness (QED) is 0.483. The molecule has 0 fully saturated rings. The number of hydrazine groups is 1. The first-order valence-corrected chi connectivity index (χ1v) is 11.7. The van der Waals surface area contributed by atoms with Crippen molar-refractivity contribution in [3.8, 4) is 0 Å². The van der Waals surface area contributed by atoms with Crippen LogP contribution in [0.15, 0.2) is 78.0 Å². The molecule has 2 aromatic carbocycles. The molecule has 1 heterocycles. The van der Waals surface area contributed by atoms with Crippen LogP contribution in [0.25, 0.3) is 0 Å². The van der Waals surface area contributed by atoms with Crippen molar-refractivity contribution in [2.75, 3.05) is 0 Å². The summed E-state index contributed by atoms with van der Waals surface area (Å²) in [6.07, 6.45) is 2.93. The lowest BCUT2D eigenvalue weighted by atomic mass is 9.87. The Labute approximate surface area is 193 Å². The van der Waals surface area contributed by atoms with Crippen molar-refractivity contribution in [3.63, 3.8) is 0 Å². The van der Waals surface area contributed by atoms with Crippen molar-refractivity contribution in [1.82, 2.24) is 20.6 Å². The van der Waals surface area contributed by atoms with Crippen molar-refractivity contribution in [1.29, 1.82) is 0 Å². The summed E-state index contributed by atoms with van der Waals surface area (Å²) in [5.74, 6) is -0.990. The van der Waals surface area contributed by atoms with Crippen molar-refractivity contribution < 1.29 is 18.0 Å². The fourth-order valence-electron chi connectivity index (χ4n) is 2.92. The minimum Gasteiger partial charge on any atom is -0.267 e. The first-order valence-electron chi connectivity index (χ1n) is 10.3. The van der Waals surface area contributed by atoms with E-state index in [0.717, 1.165) is 5.56 Å². The van der Waals surface area contributed by atoms with Gasteiger partial charge in [0.2, 0.25) is 10.0 Å². The van der Waals surface area contributed by atoms with E-state index in [1.807, 2.05) is 12.1 Å². The minimum absolute atomic E-state index is 0.0642. The predicted molar refractivity (Wildman–Crippen MR) is 125 cm³/mol. The number of hydrogen-bond acceptors (Lipinski definition) is 5. The second kappa shape index (κ2) is 9.93. The standard InChI is InChI=1S/C24H26N4O4S/c1-24(2,3)20-10-12-21(13-11-20)33(31,32)26-15-17-6-8-18(9-7-17)22(29)27-28-23(30)19-5-4-14-25-16-19/h4-14,16,26H,15H2,1-3H3,(H,27,29)(H,28,30). The van der Waals surface area contributed by atoms with Crippen LogP contribution in [0.3, 0.4) is 0 Å². The van der Waals surface area contributed by atoms with Crippen molar-refractivity contribution >= 4 is 21.8 Å². The third-order valence-electron chi connectivity index (χ3n) is 4.93. The summed E-state index contributed by atoms with van der Waals surface area (Å²) >= 11 is 0. The SMILES string of the molecule is CC(C)(C)c1ccc(S(=O)(=O)NCc2ccc(C(=O)NNC(=O)c3cccnc3)cc2)cc1. The van der Waals surface area contributed by atoms with Crippen molar-refractivity contribution in [2.24, 2.45) is 0 Å². The average molecular weight is 467 g/mol. The molecule has 0 spiro atoms. The summed E-state index contributed by atoms with van der Waals surface area (Å²) in [6, 6.07) is 16.4. The summed E-state index contributed by atoms with van der Waals surface area (Å²) in [5.41, 5.74) is 6.94. The highest BCUT2D eigenvalue weighted by molar-refractivity contribution is 7.89. The Morgan fingerprint density at radius 3 is 2.00 bits per heavy atom. The van der Waals surface area contributed by atoms with E-state index in [9.17, 15) is 18.0 Å². The molecule has 9 heteroatoms. The molecule has 8 nitrogen and oxygen atoms in total. The Morgan fingerprint density at radius 2 is 1.45 bits per heavy atom. The molecule has 2 amide bonds. The molecular weight excluding hydrogens is 440 g/mol. The Balaban J connectivity index is 1.55. The van der Waals surface area contributed by atoms with Gasteiger partial charge in [0.05, 0.1) is 10.5 Å². The van der Waals surface area contributed by atoms with Crippen LogP contribution in [0.1, 0.15) is 52.6 Å². The molecule has 33 heavy (non-hydrogen) atoms. The van der Waals surface area contributed by atoms with Gasteiger partial charge in [-0.2, -0.15) is 0 Å². The second-order valence-electron chi connectivity index (χ2n) is 8.45. The third kappa shape index (κ3) is 6.47. The van der Waals surface area contributed by atoms with Crippen LogP contribution in [0.2, 0.25) is 0 Å². The van der Waals surface area contributed by atoms with Gasteiger partial charge >= 0.3 is 0 Å². The lowest BCUT2D eigenvalue weighted by molar-refractivity contribution is 0.0846. The Hall–Kier alpha value is -3.56. The van der Waals surface area contributed by atoms with Crippen LogP contribution in [0, 0.1) is 0 Å². The molecule has 0 aliphatic heterocycles. The van der Waals surface area contributed by atoms with Gasteiger partial charge in [0.15, 0.2) is 0 Å². The van der Waals surface area contributed by atoms with E-state index in [0.29, 0.717) is 16.7 Å². The maximum Gasteiger partial charge on any atom is 0.271 e. The first kappa shape index (κ1) is 24.1. The largest absolute Gasteiger partial charge is 0.271 e. The van der Waals surface area contributed by atoms with Gasteiger partial charge in [0, 0.05) is 24.5 Å². The molecule has 0 saturated heterocycles. The minimum atomic E-state index is -3.67. The lowest BCUT2D eigenvalue weighted by Gasteiger charge is -2.19. The lowest BCUT2D eigenvalue weighted by Crippen LogP contribution is -2.41. The van der Waals surface area contributed by atoms with Crippen molar-refractivity contribution in [2.45, 2.75) is 37.6 Å². The Kier molecular flexibility index (Phi) is 7.25. The summed E-state index contributed by atoms with van der Waals surface area (Å²) in [6.45, 7) is 6.26. The van der Waals surface area contributed by atoms with Gasteiger partial charge < -0.3 is 0 Å². The van der Waals surface area contributed by atoms with E-state index < -0.39 is 21.8 Å². The third-order valence-corrected chi connectivity index (χ3v) is 6.34. The Morgan fingerprint density at radius 1 is 0.848 bits per heavy atom. The second-order valence-corrected chi connectivity index (χ2v) is 10.2. The molecule has 0 unspecified atom stereocenters. The monoisotopic (exact) mass is 466 g/mol. The summed E-state index contributed by atoms with van der Waals surface area (Å²) in [7, 11) is -3.67. The number of benzene rings is 2. The van der Waals surface area contributed by atoms with Crippen LogP contribution < -0.4 is 15.6 Å². The number of pyridine rings is 1. The van der Waals surface area contributed by atoms with Gasteiger partial charge in [0.1, 0.15) is 0 Å². The summed E-state index contributed by atoms with van der Waals surface area (Å²) in [5, 5.41) is 0. The normalized spacial score (nSPS) is 11.6. The number of rotatable bonds is 6. The fraction of sp³-hybridized carbons (Fsp3) is 0.208. The highest BCUT2D eigenvalue weighted by Crippen LogP contribution is 2.23. The number of nitrogens with one attached hydrogen (secondary N) is 3. The molecule has 1 aromatic heterocycles. The van der Waals surface area contributed by atoms with Crippen LogP contribution in [0.5, 0.6) is 0 Å². The molecule has 0 bridgehead atoms. The zero-order valence-electron chi connectivity index (χ0n) is 18.6. The van der Waals surface area contributed by atoms with E-state index in [1.165, 1.54) is 6.20 Å². The van der Waals surface area contributed by atoms with Gasteiger partial charge in [-0.3, -0.25) is 25.4 Å². The topological polar surface area (TPSA) is 117 Å². The molecular formula is C24H26N4O4S. The molecule has 0 radical (unpaired) electrons. The van der Waals surface area contributed by atoms with Gasteiger partial charge in [-0.1, -0.05) is 45.0 Å². The van der Waals surface area contributed by atoms with Crippen LogP contribution in [0.4, 0.5) is 0 Å². The molecule has 3 aromatic rings. The van der Waals surface area contributed by atoms with E-state index in [4.69, 9.17) is 0 Å². The van der Waals surface area contributed by atoms with Gasteiger partial charge in [0.25, 0.3) is 11.8 Å². The number of nitrogens with zero attached hydrogens (tertiary/aromatic N) is 1. The molecule has 172 valence electrons. The summed E-state index contributed by atoms with van der Waals surface area (Å²) < 4.78 is 27.7. The highest BCUT2D eigenvalue weighted by atomic mass is 32.2. The fourth-order valence-corrected chi connectivity index (χ4v) is 3.94. The highest BCUT2D eigenvalue weighted by Gasteiger charge is 2.17. The van der Waals surface area contributed by atoms with Gasteiger partial charge in [-0.15, -0.1) is 0 Å². The molecule has 3 rings (SSSR count). The zero-order valence-corrected chi connectivity index (χ0v) is 19.4. The molecule has 3 N–H and O–H groups in total. The van der Waals surface area contributed by atoms with E-state index in [1.54, 1.807) is 54.7 Å². The number of hydrogen-bond donors (Lipinski definition) is 3. The van der Waals surface area contributed by atoms with Crippen LogP contribution in [-0.2, 0) is 22.0 Å². The average Bonchev–Trinajstić information content (AvgIpc) is 2.81. The number of aromatic nitrogens is 1. The molecule has 0 aliphatic rings. The van der Waals surface area contributed by atoms with Gasteiger partial charge in [-0.25, -0.2) is 13.1 Å². The van der Waals surface area contributed by atoms with Gasteiger partial charge in [-0.05, 0) is 52.9 Å². The van der Waals surface area contributed by atoms with Crippen molar-refractivity contribution in [3.05, 3.63) is 95.3 Å². The van der Waals surface area contributed by atoms with Crippen LogP contribution >= 0.6 is 0 Å². The number of amides is 2. The number of carbonyl (C=O) groups is 2. The Bertz CT molecular complexity index is 1220. The summed E-state index contributed by atoms with van der Waals surface area (Å²) in [4.78, 5) is 28.2. The number of sulfonamides is 1.